The van der Waals surface area contributed by atoms with Crippen LogP contribution in [0.1, 0.15) is 31.2 Å². The van der Waals surface area contributed by atoms with E-state index in [1.165, 1.54) is 0 Å². The van der Waals surface area contributed by atoms with Crippen LogP contribution in [0.25, 0.3) is 0 Å². The molecule has 0 aromatic heterocycles. The van der Waals surface area contributed by atoms with E-state index in [9.17, 15) is 8.78 Å². The summed E-state index contributed by atoms with van der Waals surface area (Å²) < 4.78 is 27.3. The Bertz CT molecular complexity index is 386. The molecule has 1 aromatic carbocycles. The highest BCUT2D eigenvalue weighted by Crippen LogP contribution is 2.38. The predicted octanol–water partition coefficient (Wildman–Crippen LogP) is 3.46. The zero-order valence-electron chi connectivity index (χ0n) is 8.19. The van der Waals surface area contributed by atoms with Crippen LogP contribution < -0.4 is 5.73 Å². The van der Waals surface area contributed by atoms with Gasteiger partial charge < -0.3 is 5.73 Å². The SMILES string of the molecule is NC1(c2cc(Br)cc(F)c2F)CCCC1. The Kier molecular flexibility index (Phi) is 2.81. The second kappa shape index (κ2) is 3.83. The Labute approximate surface area is 95.8 Å². The van der Waals surface area contributed by atoms with Crippen molar-refractivity contribution in [1.29, 1.82) is 0 Å². The minimum absolute atomic E-state index is 0.298. The normalized spacial score (nSPS) is 19.5. The van der Waals surface area contributed by atoms with E-state index in [-0.39, 0.29) is 0 Å². The summed E-state index contributed by atoms with van der Waals surface area (Å²) in [7, 11) is 0. The van der Waals surface area contributed by atoms with Gasteiger partial charge in [-0.05, 0) is 25.0 Å². The molecule has 0 amide bonds. The van der Waals surface area contributed by atoms with E-state index in [2.05, 4.69) is 15.9 Å². The molecule has 1 saturated carbocycles. The number of hydrogen-bond donors (Lipinski definition) is 1. The second-order valence-electron chi connectivity index (χ2n) is 4.11. The molecule has 0 bridgehead atoms. The van der Waals surface area contributed by atoms with Gasteiger partial charge in [-0.2, -0.15) is 0 Å². The third-order valence-corrected chi connectivity index (χ3v) is 3.48. The van der Waals surface area contributed by atoms with E-state index in [0.717, 1.165) is 31.7 Å². The summed E-state index contributed by atoms with van der Waals surface area (Å²) in [5.41, 5.74) is 5.70. The monoisotopic (exact) mass is 275 g/mol. The van der Waals surface area contributed by atoms with Crippen LogP contribution in [0.2, 0.25) is 0 Å². The molecule has 0 radical (unpaired) electrons. The largest absolute Gasteiger partial charge is 0.321 e. The fraction of sp³-hybridized carbons (Fsp3) is 0.455. The van der Waals surface area contributed by atoms with Gasteiger partial charge in [-0.15, -0.1) is 0 Å². The van der Waals surface area contributed by atoms with Gasteiger partial charge in [-0.3, -0.25) is 0 Å². The van der Waals surface area contributed by atoms with Crippen molar-refractivity contribution in [3.05, 3.63) is 33.8 Å². The summed E-state index contributed by atoms with van der Waals surface area (Å²) in [6.07, 6.45) is 3.40. The fourth-order valence-electron chi connectivity index (χ4n) is 2.19. The van der Waals surface area contributed by atoms with Gasteiger partial charge in [0.05, 0.1) is 0 Å². The predicted molar refractivity (Wildman–Crippen MR) is 58.4 cm³/mol. The first-order chi connectivity index (χ1) is 7.03. The molecule has 1 fully saturated rings. The van der Waals surface area contributed by atoms with E-state index in [0.29, 0.717) is 10.0 Å². The summed E-state index contributed by atoms with van der Waals surface area (Å²) >= 11 is 3.16. The van der Waals surface area contributed by atoms with Crippen LogP contribution in [-0.4, -0.2) is 0 Å². The summed E-state index contributed by atoms with van der Waals surface area (Å²) in [6.45, 7) is 0. The first-order valence-corrected chi connectivity index (χ1v) is 5.76. The molecule has 82 valence electrons. The van der Waals surface area contributed by atoms with Crippen LogP contribution in [-0.2, 0) is 5.54 Å². The summed E-state index contributed by atoms with van der Waals surface area (Å²) in [4.78, 5) is 0. The molecule has 0 saturated heterocycles. The van der Waals surface area contributed by atoms with Gasteiger partial charge in [0.15, 0.2) is 11.6 Å². The van der Waals surface area contributed by atoms with Gasteiger partial charge >= 0.3 is 0 Å². The van der Waals surface area contributed by atoms with Gasteiger partial charge in [0.2, 0.25) is 0 Å². The van der Waals surface area contributed by atoms with Crippen LogP contribution in [0.3, 0.4) is 0 Å². The molecule has 0 spiro atoms. The topological polar surface area (TPSA) is 26.0 Å². The molecule has 2 N–H and O–H groups in total. The average Bonchev–Trinajstić information content (AvgIpc) is 2.59. The molecule has 15 heavy (non-hydrogen) atoms. The maximum atomic E-state index is 13.6. The smallest absolute Gasteiger partial charge is 0.163 e. The Morgan fingerprint density at radius 3 is 2.40 bits per heavy atom. The summed E-state index contributed by atoms with van der Waals surface area (Å²) in [6, 6.07) is 2.71. The summed E-state index contributed by atoms with van der Waals surface area (Å²) in [5, 5.41) is 0. The molecule has 1 aliphatic rings. The molecular weight excluding hydrogens is 264 g/mol. The number of rotatable bonds is 1. The van der Waals surface area contributed by atoms with E-state index in [4.69, 9.17) is 5.73 Å². The number of benzene rings is 1. The Morgan fingerprint density at radius 1 is 1.20 bits per heavy atom. The van der Waals surface area contributed by atoms with Crippen molar-refractivity contribution in [2.24, 2.45) is 5.73 Å². The molecule has 1 aromatic rings. The standard InChI is InChI=1S/C11H12BrF2N/c12-7-5-8(10(14)9(13)6-7)11(15)3-1-2-4-11/h5-6H,1-4,15H2. The van der Waals surface area contributed by atoms with E-state index in [1.807, 2.05) is 0 Å². The molecule has 0 aliphatic heterocycles. The maximum absolute atomic E-state index is 13.6. The van der Waals surface area contributed by atoms with E-state index < -0.39 is 17.2 Å². The van der Waals surface area contributed by atoms with Crippen molar-refractivity contribution < 1.29 is 8.78 Å². The zero-order valence-corrected chi connectivity index (χ0v) is 9.78. The lowest BCUT2D eigenvalue weighted by Gasteiger charge is -2.25. The Hall–Kier alpha value is -0.480. The van der Waals surface area contributed by atoms with Gasteiger partial charge in [-0.25, -0.2) is 8.78 Å². The van der Waals surface area contributed by atoms with E-state index in [1.54, 1.807) is 6.07 Å². The lowest BCUT2D eigenvalue weighted by Crippen LogP contribution is -2.34. The first-order valence-electron chi connectivity index (χ1n) is 4.97. The molecule has 2 rings (SSSR count). The van der Waals surface area contributed by atoms with Crippen LogP contribution in [0, 0.1) is 11.6 Å². The molecule has 0 unspecified atom stereocenters. The third-order valence-electron chi connectivity index (χ3n) is 3.03. The Balaban J connectivity index is 2.51. The minimum atomic E-state index is -0.837. The fourth-order valence-corrected chi connectivity index (χ4v) is 2.62. The van der Waals surface area contributed by atoms with Crippen LogP contribution >= 0.6 is 15.9 Å². The molecule has 1 nitrogen and oxygen atoms in total. The highest BCUT2D eigenvalue weighted by molar-refractivity contribution is 9.10. The van der Waals surface area contributed by atoms with Crippen LogP contribution in [0.4, 0.5) is 8.78 Å². The molecule has 0 atom stereocenters. The third kappa shape index (κ3) is 1.93. The first kappa shape index (κ1) is 11.0. The van der Waals surface area contributed by atoms with Gasteiger partial charge in [-0.1, -0.05) is 28.8 Å². The van der Waals surface area contributed by atoms with Crippen molar-refractivity contribution in [3.8, 4) is 0 Å². The number of hydrogen-bond acceptors (Lipinski definition) is 1. The lowest BCUT2D eigenvalue weighted by molar-refractivity contribution is 0.412. The molecule has 0 heterocycles. The molecular formula is C11H12BrF2N. The molecule has 1 aliphatic carbocycles. The van der Waals surface area contributed by atoms with Gasteiger partial charge in [0, 0.05) is 15.6 Å². The van der Waals surface area contributed by atoms with Gasteiger partial charge in [0.25, 0.3) is 0 Å². The quantitative estimate of drug-likeness (QED) is 0.781. The van der Waals surface area contributed by atoms with Crippen LogP contribution in [0.15, 0.2) is 16.6 Å². The summed E-state index contributed by atoms with van der Waals surface area (Å²) in [5.74, 6) is -1.64. The number of nitrogens with two attached hydrogens (primary N) is 1. The average molecular weight is 276 g/mol. The van der Waals surface area contributed by atoms with Crippen molar-refractivity contribution in [2.45, 2.75) is 31.2 Å². The number of halogens is 3. The maximum Gasteiger partial charge on any atom is 0.163 e. The minimum Gasteiger partial charge on any atom is -0.321 e. The molecule has 4 heteroatoms. The highest BCUT2D eigenvalue weighted by atomic mass is 79.9. The highest BCUT2D eigenvalue weighted by Gasteiger charge is 2.34. The van der Waals surface area contributed by atoms with Gasteiger partial charge in [0.1, 0.15) is 0 Å². The Morgan fingerprint density at radius 2 is 1.80 bits per heavy atom. The van der Waals surface area contributed by atoms with E-state index >= 15 is 0 Å². The van der Waals surface area contributed by atoms with Crippen molar-refractivity contribution in [3.63, 3.8) is 0 Å². The zero-order chi connectivity index (χ0) is 11.1. The second-order valence-corrected chi connectivity index (χ2v) is 5.03. The van der Waals surface area contributed by atoms with Crippen molar-refractivity contribution in [1.82, 2.24) is 0 Å². The van der Waals surface area contributed by atoms with Crippen LogP contribution in [0.5, 0.6) is 0 Å². The lowest BCUT2D eigenvalue weighted by atomic mass is 9.89. The van der Waals surface area contributed by atoms with Crippen molar-refractivity contribution >= 4 is 15.9 Å². The van der Waals surface area contributed by atoms with Crippen molar-refractivity contribution in [2.75, 3.05) is 0 Å².